The molecule has 1 heterocycles. The van der Waals surface area contributed by atoms with Gasteiger partial charge in [-0.3, -0.25) is 4.98 Å². The number of aromatic nitrogens is 1. The van der Waals surface area contributed by atoms with Crippen molar-refractivity contribution in [2.75, 3.05) is 11.9 Å². The molecule has 1 aromatic heterocycles. The minimum atomic E-state index is -4.41. The fourth-order valence-corrected chi connectivity index (χ4v) is 2.10. The number of alkyl halides is 3. The minimum absolute atomic E-state index is 0.0699. The number of benzene rings is 1. The third-order valence-corrected chi connectivity index (χ3v) is 3.12. The van der Waals surface area contributed by atoms with Gasteiger partial charge in [-0.15, -0.1) is 0 Å². The van der Waals surface area contributed by atoms with Crippen LogP contribution in [-0.4, -0.2) is 22.2 Å². The van der Waals surface area contributed by atoms with Crippen LogP contribution in [0.2, 0.25) is 0 Å². The van der Waals surface area contributed by atoms with Crippen LogP contribution in [-0.2, 0) is 6.18 Å². The first-order chi connectivity index (χ1) is 9.62. The van der Waals surface area contributed by atoms with Crippen LogP contribution < -0.4 is 5.32 Å². The van der Waals surface area contributed by atoms with Gasteiger partial charge in [0.2, 0.25) is 0 Å². The number of fused-ring (bicyclic) bond motifs is 1. The number of hydrogen-bond acceptors (Lipinski definition) is 3. The summed E-state index contributed by atoms with van der Waals surface area (Å²) in [6, 6.07) is 5.58. The highest BCUT2D eigenvalue weighted by Gasteiger charge is 2.33. The standard InChI is InChI=1S/C15H17F3N2O/c1-9-6-12(15(16,17)18)11-5-4-10(7-13(11)19-9)20-14(2,3)8-21/h4-7,20-21H,8H2,1-3H3. The van der Waals surface area contributed by atoms with Crippen LogP contribution >= 0.6 is 0 Å². The molecule has 0 atom stereocenters. The molecule has 0 spiro atoms. The molecule has 0 radical (unpaired) electrons. The van der Waals surface area contributed by atoms with Crippen LogP contribution in [0.3, 0.4) is 0 Å². The molecular formula is C15H17F3N2O. The summed E-state index contributed by atoms with van der Waals surface area (Å²) in [6.07, 6.45) is -4.41. The average molecular weight is 298 g/mol. The molecule has 0 aliphatic heterocycles. The molecule has 21 heavy (non-hydrogen) atoms. The van der Waals surface area contributed by atoms with Crippen molar-refractivity contribution in [3.63, 3.8) is 0 Å². The summed E-state index contributed by atoms with van der Waals surface area (Å²) >= 11 is 0. The first-order valence-corrected chi connectivity index (χ1v) is 6.50. The zero-order chi connectivity index (χ0) is 15.8. The van der Waals surface area contributed by atoms with Gasteiger partial charge in [-0.25, -0.2) is 0 Å². The number of anilines is 1. The number of pyridine rings is 1. The van der Waals surface area contributed by atoms with E-state index in [0.29, 0.717) is 11.4 Å². The molecule has 2 aromatic rings. The number of nitrogens with one attached hydrogen (secondary N) is 1. The predicted octanol–water partition coefficient (Wildman–Crippen LogP) is 3.74. The van der Waals surface area contributed by atoms with Gasteiger partial charge >= 0.3 is 6.18 Å². The van der Waals surface area contributed by atoms with Crippen LogP contribution in [0.4, 0.5) is 18.9 Å². The third-order valence-electron chi connectivity index (χ3n) is 3.12. The molecule has 0 aliphatic rings. The summed E-state index contributed by atoms with van der Waals surface area (Å²) in [5, 5.41) is 12.4. The van der Waals surface area contributed by atoms with Gasteiger partial charge in [-0.05, 0) is 39.0 Å². The minimum Gasteiger partial charge on any atom is -0.394 e. The quantitative estimate of drug-likeness (QED) is 0.907. The zero-order valence-corrected chi connectivity index (χ0v) is 12.0. The lowest BCUT2D eigenvalue weighted by Crippen LogP contribution is -2.34. The number of halogens is 3. The summed E-state index contributed by atoms with van der Waals surface area (Å²) < 4.78 is 39.1. The Kier molecular flexibility index (Phi) is 3.84. The SMILES string of the molecule is Cc1cc(C(F)(F)F)c2ccc(NC(C)(C)CO)cc2n1. The van der Waals surface area contributed by atoms with Crippen LogP contribution in [0.1, 0.15) is 25.1 Å². The highest BCUT2D eigenvalue weighted by Crippen LogP contribution is 2.35. The van der Waals surface area contributed by atoms with Crippen molar-refractivity contribution < 1.29 is 18.3 Å². The first-order valence-electron chi connectivity index (χ1n) is 6.50. The number of hydrogen-bond donors (Lipinski definition) is 2. The van der Waals surface area contributed by atoms with Crippen molar-refractivity contribution >= 4 is 16.6 Å². The van der Waals surface area contributed by atoms with E-state index in [4.69, 9.17) is 0 Å². The normalized spacial score (nSPS) is 12.7. The molecule has 114 valence electrons. The van der Waals surface area contributed by atoms with Crippen LogP contribution in [0.15, 0.2) is 24.3 Å². The first kappa shape index (κ1) is 15.6. The largest absolute Gasteiger partial charge is 0.417 e. The Morgan fingerprint density at radius 3 is 2.43 bits per heavy atom. The van der Waals surface area contributed by atoms with Crippen LogP contribution in [0, 0.1) is 6.92 Å². The Bertz CT molecular complexity index is 666. The fraction of sp³-hybridized carbons (Fsp3) is 0.400. The van der Waals surface area contributed by atoms with Gasteiger partial charge in [-0.1, -0.05) is 6.07 Å². The molecule has 3 nitrogen and oxygen atoms in total. The fourth-order valence-electron chi connectivity index (χ4n) is 2.10. The highest BCUT2D eigenvalue weighted by molar-refractivity contribution is 5.86. The number of nitrogens with zero attached hydrogens (tertiary/aromatic N) is 1. The van der Waals surface area contributed by atoms with E-state index in [2.05, 4.69) is 10.3 Å². The van der Waals surface area contributed by atoms with Crippen LogP contribution in [0.5, 0.6) is 0 Å². The second-order valence-corrected chi connectivity index (χ2v) is 5.71. The smallest absolute Gasteiger partial charge is 0.394 e. The van der Waals surface area contributed by atoms with E-state index in [1.165, 1.54) is 13.0 Å². The number of aryl methyl sites for hydroxylation is 1. The molecule has 2 N–H and O–H groups in total. The van der Waals surface area contributed by atoms with E-state index in [1.54, 1.807) is 26.0 Å². The highest BCUT2D eigenvalue weighted by atomic mass is 19.4. The molecule has 0 unspecified atom stereocenters. The van der Waals surface area contributed by atoms with Crippen molar-refractivity contribution in [3.05, 3.63) is 35.5 Å². The number of aliphatic hydroxyl groups excluding tert-OH is 1. The zero-order valence-electron chi connectivity index (χ0n) is 12.0. The summed E-state index contributed by atoms with van der Waals surface area (Å²) in [4.78, 5) is 4.16. The van der Waals surface area contributed by atoms with E-state index in [0.717, 1.165) is 6.07 Å². The maximum Gasteiger partial charge on any atom is 0.417 e. The molecule has 0 bridgehead atoms. The topological polar surface area (TPSA) is 45.1 Å². The van der Waals surface area contributed by atoms with Gasteiger partial charge in [-0.2, -0.15) is 13.2 Å². The summed E-state index contributed by atoms with van der Waals surface area (Å²) in [5.41, 5.74) is -0.0372. The van der Waals surface area contributed by atoms with Crippen LogP contribution in [0.25, 0.3) is 10.9 Å². The molecule has 6 heteroatoms. The Hall–Kier alpha value is -1.82. The second-order valence-electron chi connectivity index (χ2n) is 5.71. The lowest BCUT2D eigenvalue weighted by Gasteiger charge is -2.25. The lowest BCUT2D eigenvalue weighted by molar-refractivity contribution is -0.136. The molecule has 0 saturated heterocycles. The number of rotatable bonds is 3. The predicted molar refractivity (Wildman–Crippen MR) is 76.3 cm³/mol. The van der Waals surface area contributed by atoms with Gasteiger partial charge in [0.05, 0.1) is 23.2 Å². The number of aliphatic hydroxyl groups is 1. The van der Waals surface area contributed by atoms with Crippen molar-refractivity contribution in [2.45, 2.75) is 32.5 Å². The van der Waals surface area contributed by atoms with E-state index >= 15 is 0 Å². The van der Waals surface area contributed by atoms with Gasteiger partial charge in [0, 0.05) is 16.8 Å². The molecule has 0 aliphatic carbocycles. The van der Waals surface area contributed by atoms with Crippen molar-refractivity contribution in [1.29, 1.82) is 0 Å². The lowest BCUT2D eigenvalue weighted by atomic mass is 10.0. The Labute approximate surface area is 120 Å². The van der Waals surface area contributed by atoms with Gasteiger partial charge < -0.3 is 10.4 Å². The Morgan fingerprint density at radius 2 is 1.86 bits per heavy atom. The molecule has 1 aromatic carbocycles. The van der Waals surface area contributed by atoms with Gasteiger partial charge in [0.1, 0.15) is 0 Å². The van der Waals surface area contributed by atoms with Gasteiger partial charge in [0.15, 0.2) is 0 Å². The molecule has 0 amide bonds. The third kappa shape index (κ3) is 3.44. The Balaban J connectivity index is 2.54. The molecule has 0 saturated carbocycles. The van der Waals surface area contributed by atoms with E-state index < -0.39 is 17.3 Å². The van der Waals surface area contributed by atoms with Crippen molar-refractivity contribution in [1.82, 2.24) is 4.98 Å². The second kappa shape index (κ2) is 5.18. The monoisotopic (exact) mass is 298 g/mol. The van der Waals surface area contributed by atoms with E-state index in [1.807, 2.05) is 0 Å². The van der Waals surface area contributed by atoms with E-state index in [-0.39, 0.29) is 17.5 Å². The maximum absolute atomic E-state index is 13.0. The molecular weight excluding hydrogens is 281 g/mol. The van der Waals surface area contributed by atoms with Gasteiger partial charge in [0.25, 0.3) is 0 Å². The van der Waals surface area contributed by atoms with Crippen molar-refractivity contribution in [3.8, 4) is 0 Å². The maximum atomic E-state index is 13.0. The molecule has 2 rings (SSSR count). The molecule has 0 fully saturated rings. The Morgan fingerprint density at radius 1 is 1.19 bits per heavy atom. The summed E-state index contributed by atoms with van der Waals surface area (Å²) in [7, 11) is 0. The summed E-state index contributed by atoms with van der Waals surface area (Å²) in [6.45, 7) is 5.02. The average Bonchev–Trinajstić information content (AvgIpc) is 2.35. The van der Waals surface area contributed by atoms with E-state index in [9.17, 15) is 18.3 Å². The summed E-state index contributed by atoms with van der Waals surface area (Å²) in [5.74, 6) is 0. The van der Waals surface area contributed by atoms with Crippen molar-refractivity contribution in [2.24, 2.45) is 0 Å².